The van der Waals surface area contributed by atoms with E-state index in [0.717, 1.165) is 0 Å². The van der Waals surface area contributed by atoms with Crippen molar-refractivity contribution in [1.82, 2.24) is 0 Å². The predicted octanol–water partition coefficient (Wildman–Crippen LogP) is 3.02. The second-order valence-electron chi connectivity index (χ2n) is 4.21. The minimum atomic E-state index is -1.11. The van der Waals surface area contributed by atoms with Crippen LogP contribution < -0.4 is 0 Å². The van der Waals surface area contributed by atoms with Gasteiger partial charge in [-0.05, 0) is 25.8 Å². The van der Waals surface area contributed by atoms with Crippen LogP contribution in [0, 0.1) is 26.9 Å². The molecule has 6 heteroatoms. The van der Waals surface area contributed by atoms with E-state index in [9.17, 15) is 14.9 Å². The van der Waals surface area contributed by atoms with Gasteiger partial charge in [0.25, 0.3) is 5.69 Å². The van der Waals surface area contributed by atoms with Crippen molar-refractivity contribution < 1.29 is 9.72 Å². The number of benzene rings is 1. The summed E-state index contributed by atoms with van der Waals surface area (Å²) in [7, 11) is 0. The largest absolute Gasteiger partial charge is 0.298 e. The van der Waals surface area contributed by atoms with Crippen molar-refractivity contribution in [2.45, 2.75) is 20.3 Å². The van der Waals surface area contributed by atoms with Crippen molar-refractivity contribution in [3.63, 3.8) is 0 Å². The highest BCUT2D eigenvalue weighted by Crippen LogP contribution is 2.29. The Morgan fingerprint density at radius 2 is 2.22 bits per heavy atom. The predicted molar refractivity (Wildman–Crippen MR) is 68.9 cm³/mol. The molecule has 0 aliphatic carbocycles. The minimum Gasteiger partial charge on any atom is -0.298 e. The quantitative estimate of drug-likeness (QED) is 0.632. The Morgan fingerprint density at radius 1 is 1.61 bits per heavy atom. The van der Waals surface area contributed by atoms with E-state index in [2.05, 4.69) is 15.9 Å². The SMILES string of the molecule is CC(=O)C(C)(C#N)Cc1ccc([N+](=O)[O-])cc1Br. The third-order valence-corrected chi connectivity index (χ3v) is 3.55. The number of rotatable bonds is 4. The molecular formula is C12H11BrN2O3. The molecule has 0 radical (unpaired) electrons. The standard InChI is InChI=1S/C12H11BrN2O3/c1-8(16)12(2,7-14)6-9-3-4-10(15(17)18)5-11(9)13/h3-5H,6H2,1-2H3. The molecule has 18 heavy (non-hydrogen) atoms. The van der Waals surface area contributed by atoms with Crippen molar-refractivity contribution in [2.75, 3.05) is 0 Å². The van der Waals surface area contributed by atoms with Crippen LogP contribution in [0.15, 0.2) is 22.7 Å². The van der Waals surface area contributed by atoms with E-state index in [1.807, 2.05) is 6.07 Å². The summed E-state index contributed by atoms with van der Waals surface area (Å²) in [5, 5.41) is 19.6. The van der Waals surface area contributed by atoms with E-state index in [-0.39, 0.29) is 17.9 Å². The molecule has 0 N–H and O–H groups in total. The molecule has 0 aliphatic heterocycles. The summed E-state index contributed by atoms with van der Waals surface area (Å²) in [4.78, 5) is 21.5. The average molecular weight is 311 g/mol. The summed E-state index contributed by atoms with van der Waals surface area (Å²) in [5.74, 6) is -0.227. The van der Waals surface area contributed by atoms with E-state index < -0.39 is 10.3 Å². The smallest absolute Gasteiger partial charge is 0.270 e. The van der Waals surface area contributed by atoms with Gasteiger partial charge in [0.05, 0.1) is 11.0 Å². The Labute approximate surface area is 113 Å². The van der Waals surface area contributed by atoms with Crippen molar-refractivity contribution in [3.8, 4) is 6.07 Å². The third kappa shape index (κ3) is 2.93. The van der Waals surface area contributed by atoms with Gasteiger partial charge in [-0.2, -0.15) is 5.26 Å². The summed E-state index contributed by atoms with van der Waals surface area (Å²) in [6.07, 6.45) is 0.220. The van der Waals surface area contributed by atoms with Crippen molar-refractivity contribution >= 4 is 27.4 Å². The molecule has 1 atom stereocenters. The molecule has 0 aliphatic rings. The van der Waals surface area contributed by atoms with Crippen molar-refractivity contribution in [2.24, 2.45) is 5.41 Å². The van der Waals surface area contributed by atoms with Crippen LogP contribution in [-0.4, -0.2) is 10.7 Å². The number of nitrogens with zero attached hydrogens (tertiary/aromatic N) is 2. The van der Waals surface area contributed by atoms with Gasteiger partial charge in [0.1, 0.15) is 11.2 Å². The first-order valence-electron chi connectivity index (χ1n) is 5.15. The Balaban J connectivity index is 3.10. The van der Waals surface area contributed by atoms with Gasteiger partial charge in [0.2, 0.25) is 0 Å². The summed E-state index contributed by atoms with van der Waals surface area (Å²) in [6.45, 7) is 2.92. The highest BCUT2D eigenvalue weighted by atomic mass is 79.9. The van der Waals surface area contributed by atoms with Gasteiger partial charge in [-0.15, -0.1) is 0 Å². The van der Waals surface area contributed by atoms with E-state index in [0.29, 0.717) is 10.0 Å². The number of nitro groups is 1. The molecule has 1 unspecified atom stereocenters. The van der Waals surface area contributed by atoms with Gasteiger partial charge < -0.3 is 0 Å². The first-order valence-corrected chi connectivity index (χ1v) is 5.94. The van der Waals surface area contributed by atoms with Crippen LogP contribution in [0.5, 0.6) is 0 Å². The van der Waals surface area contributed by atoms with Crippen LogP contribution in [0.1, 0.15) is 19.4 Å². The van der Waals surface area contributed by atoms with Crippen molar-refractivity contribution in [3.05, 3.63) is 38.3 Å². The number of Topliss-reactive ketones (excluding diaryl/α,β-unsaturated/α-hetero) is 1. The highest BCUT2D eigenvalue weighted by Gasteiger charge is 2.30. The molecule has 0 heterocycles. The number of carbonyl (C=O) groups excluding carboxylic acids is 1. The third-order valence-electron chi connectivity index (χ3n) is 2.82. The first-order chi connectivity index (χ1) is 8.30. The first kappa shape index (κ1) is 14.3. The Morgan fingerprint density at radius 3 is 2.61 bits per heavy atom. The molecule has 0 spiro atoms. The second-order valence-corrected chi connectivity index (χ2v) is 5.06. The number of halogens is 1. The Bertz CT molecular complexity index is 551. The fraction of sp³-hybridized carbons (Fsp3) is 0.333. The normalized spacial score (nSPS) is 13.4. The lowest BCUT2D eigenvalue weighted by Crippen LogP contribution is -2.26. The van der Waals surface area contributed by atoms with Gasteiger partial charge in [-0.1, -0.05) is 22.0 Å². The highest BCUT2D eigenvalue weighted by molar-refractivity contribution is 9.10. The van der Waals surface area contributed by atoms with E-state index in [4.69, 9.17) is 5.26 Å². The fourth-order valence-electron chi connectivity index (χ4n) is 1.42. The molecule has 5 nitrogen and oxygen atoms in total. The maximum atomic E-state index is 11.4. The molecule has 0 saturated heterocycles. The molecule has 0 saturated carbocycles. The van der Waals surface area contributed by atoms with E-state index in [1.54, 1.807) is 13.0 Å². The topological polar surface area (TPSA) is 84.0 Å². The number of hydrogen-bond donors (Lipinski definition) is 0. The number of non-ortho nitro benzene ring substituents is 1. The molecule has 94 valence electrons. The zero-order valence-corrected chi connectivity index (χ0v) is 11.5. The Kier molecular flexibility index (Phi) is 4.19. The molecule has 0 fully saturated rings. The lowest BCUT2D eigenvalue weighted by atomic mass is 9.82. The van der Waals surface area contributed by atoms with Gasteiger partial charge in [0.15, 0.2) is 0 Å². The van der Waals surface area contributed by atoms with Crippen LogP contribution in [0.3, 0.4) is 0 Å². The molecule has 1 aromatic rings. The van der Waals surface area contributed by atoms with Crippen LogP contribution >= 0.6 is 15.9 Å². The van der Waals surface area contributed by atoms with Crippen LogP contribution in [0.25, 0.3) is 0 Å². The lowest BCUT2D eigenvalue weighted by Gasteiger charge is -2.18. The van der Waals surface area contributed by atoms with Crippen LogP contribution in [0.2, 0.25) is 0 Å². The second kappa shape index (κ2) is 5.27. The van der Waals surface area contributed by atoms with Crippen LogP contribution in [-0.2, 0) is 11.2 Å². The minimum absolute atomic E-state index is 0.0351. The number of ketones is 1. The maximum absolute atomic E-state index is 11.4. The lowest BCUT2D eigenvalue weighted by molar-refractivity contribution is -0.384. The van der Waals surface area contributed by atoms with Gasteiger partial charge in [-0.25, -0.2) is 0 Å². The maximum Gasteiger partial charge on any atom is 0.270 e. The molecule has 0 bridgehead atoms. The summed E-state index contributed by atoms with van der Waals surface area (Å²) >= 11 is 3.22. The molecule has 0 amide bonds. The summed E-state index contributed by atoms with van der Waals surface area (Å²) < 4.78 is 0.527. The summed E-state index contributed by atoms with van der Waals surface area (Å²) in [5.41, 5.74) is -0.453. The molecule has 1 rings (SSSR count). The zero-order valence-electron chi connectivity index (χ0n) is 9.94. The average Bonchev–Trinajstić information content (AvgIpc) is 2.31. The van der Waals surface area contributed by atoms with E-state index >= 15 is 0 Å². The monoisotopic (exact) mass is 310 g/mol. The van der Waals surface area contributed by atoms with Gasteiger partial charge in [0, 0.05) is 16.6 Å². The fourth-order valence-corrected chi connectivity index (χ4v) is 1.92. The molecule has 0 aromatic heterocycles. The van der Waals surface area contributed by atoms with Crippen LogP contribution in [0.4, 0.5) is 5.69 Å². The number of carbonyl (C=O) groups is 1. The van der Waals surface area contributed by atoms with Gasteiger partial charge >= 0.3 is 0 Å². The number of hydrogen-bond acceptors (Lipinski definition) is 4. The number of nitro benzene ring substituents is 1. The van der Waals surface area contributed by atoms with E-state index in [1.165, 1.54) is 19.1 Å². The summed E-state index contributed by atoms with van der Waals surface area (Å²) in [6, 6.07) is 6.27. The van der Waals surface area contributed by atoms with Crippen molar-refractivity contribution in [1.29, 1.82) is 5.26 Å². The number of nitriles is 1. The van der Waals surface area contributed by atoms with Gasteiger partial charge in [-0.3, -0.25) is 14.9 Å². The Hall–Kier alpha value is -1.74. The molecular weight excluding hydrogens is 300 g/mol. The molecule has 1 aromatic carbocycles. The zero-order chi connectivity index (χ0) is 13.9.